The molecule has 30 heavy (non-hydrogen) atoms. The van der Waals surface area contributed by atoms with Crippen LogP contribution in [0.4, 0.5) is 39.5 Å². The van der Waals surface area contributed by atoms with Crippen molar-refractivity contribution in [3.63, 3.8) is 0 Å². The average molecular weight is 454 g/mol. The Morgan fingerprint density at radius 2 is 1.63 bits per heavy atom. The maximum Gasteiger partial charge on any atom is 0.460 e. The molecule has 0 fully saturated rings. The highest BCUT2D eigenvalue weighted by atomic mass is 19.4. The van der Waals surface area contributed by atoms with Gasteiger partial charge in [-0.1, -0.05) is 11.6 Å². The van der Waals surface area contributed by atoms with E-state index in [1.54, 1.807) is 6.92 Å². The fourth-order valence-electron chi connectivity index (χ4n) is 2.90. The van der Waals surface area contributed by atoms with Crippen molar-refractivity contribution < 1.29 is 53.8 Å². The fourth-order valence-corrected chi connectivity index (χ4v) is 2.90. The molecule has 0 spiro atoms. The lowest BCUT2D eigenvalue weighted by atomic mass is 9.81. The van der Waals surface area contributed by atoms with Crippen LogP contribution in [0.1, 0.15) is 39.5 Å². The number of ketones is 1. The van der Waals surface area contributed by atoms with Gasteiger partial charge in [-0.25, -0.2) is 0 Å². The first-order valence-corrected chi connectivity index (χ1v) is 8.78. The first-order valence-electron chi connectivity index (χ1n) is 8.78. The summed E-state index contributed by atoms with van der Waals surface area (Å²) in [6.07, 6.45) is -8.04. The highest BCUT2D eigenvalue weighted by Crippen LogP contribution is 2.53. The van der Waals surface area contributed by atoms with Crippen molar-refractivity contribution in [1.29, 1.82) is 0 Å². The Bertz CT molecular complexity index is 721. The Balaban J connectivity index is 2.96. The zero-order chi connectivity index (χ0) is 23.5. The maximum atomic E-state index is 13.4. The Hall–Kier alpha value is -2.01. The molecule has 1 aliphatic carbocycles. The van der Waals surface area contributed by atoms with Crippen LogP contribution in [0.25, 0.3) is 0 Å². The van der Waals surface area contributed by atoms with Crippen molar-refractivity contribution >= 4 is 11.8 Å². The van der Waals surface area contributed by atoms with Gasteiger partial charge in [-0.2, -0.15) is 39.5 Å². The second kappa shape index (κ2) is 9.01. The zero-order valence-corrected chi connectivity index (χ0v) is 15.9. The second-order valence-electron chi connectivity index (χ2n) is 6.64. The summed E-state index contributed by atoms with van der Waals surface area (Å²) < 4.78 is 120. The van der Waals surface area contributed by atoms with E-state index in [-0.39, 0.29) is 31.4 Å². The number of Topliss-reactive ketones (excluding diaryl/α,β-unsaturated/α-hetero) is 1. The highest BCUT2D eigenvalue weighted by molar-refractivity contribution is 5.98. The number of esters is 1. The smallest absolute Gasteiger partial charge is 0.460 e. The fraction of sp³-hybridized carbons (Fsp3) is 0.667. The van der Waals surface area contributed by atoms with Crippen LogP contribution in [0.15, 0.2) is 23.3 Å². The predicted octanol–water partition coefficient (Wildman–Crippen LogP) is 5.65. The molecule has 1 atom stereocenters. The summed E-state index contributed by atoms with van der Waals surface area (Å²) in [6, 6.07) is 0. The largest absolute Gasteiger partial charge is 0.466 e. The highest BCUT2D eigenvalue weighted by Gasteiger charge is 2.81. The number of carbonyl (C=O) groups excluding carboxylic acids is 2. The molecule has 0 saturated heterocycles. The van der Waals surface area contributed by atoms with Crippen molar-refractivity contribution in [2.75, 3.05) is 6.61 Å². The SMILES string of the molecule is CCOC(=O)C1CCC(=O)C(CC/C=C/C(F)(F)C(F)(F)C(F)(F)C(F)(F)F)=C1C. The standard InChI is InChI=1S/C18H19F9O3/c1-3-30-14(29)12-7-8-13(28)11(10(12)2)6-4-5-9-15(19,20)16(21,22)17(23,24)18(25,26)27/h5,9,12H,3-4,6-8H2,1-2H3/b9-5+. The number of alkyl halides is 9. The van der Waals surface area contributed by atoms with Crippen LogP contribution in [0.2, 0.25) is 0 Å². The number of rotatable bonds is 8. The van der Waals surface area contributed by atoms with Gasteiger partial charge in [-0.3, -0.25) is 9.59 Å². The topological polar surface area (TPSA) is 43.4 Å². The normalized spacial score (nSPS) is 19.6. The minimum Gasteiger partial charge on any atom is -0.466 e. The van der Waals surface area contributed by atoms with Crippen LogP contribution in [0.5, 0.6) is 0 Å². The Labute approximate surface area is 165 Å². The van der Waals surface area contributed by atoms with Crippen LogP contribution >= 0.6 is 0 Å². The van der Waals surface area contributed by atoms with Gasteiger partial charge in [0.05, 0.1) is 12.5 Å². The molecule has 12 heteroatoms. The van der Waals surface area contributed by atoms with Gasteiger partial charge in [-0.05, 0) is 44.8 Å². The van der Waals surface area contributed by atoms with Gasteiger partial charge in [0.25, 0.3) is 0 Å². The number of hydrogen-bond acceptors (Lipinski definition) is 3. The Kier molecular flexibility index (Phi) is 7.81. The molecular formula is C18H19F9O3. The van der Waals surface area contributed by atoms with E-state index in [2.05, 4.69) is 0 Å². The molecule has 0 N–H and O–H groups in total. The van der Waals surface area contributed by atoms with Crippen LogP contribution in [0.3, 0.4) is 0 Å². The van der Waals surface area contributed by atoms with Gasteiger partial charge < -0.3 is 4.74 Å². The van der Waals surface area contributed by atoms with Gasteiger partial charge in [-0.15, -0.1) is 0 Å². The van der Waals surface area contributed by atoms with E-state index in [1.807, 2.05) is 0 Å². The quantitative estimate of drug-likeness (QED) is 0.271. The third-order valence-corrected chi connectivity index (χ3v) is 4.62. The number of halogens is 9. The van der Waals surface area contributed by atoms with Crippen LogP contribution < -0.4 is 0 Å². The Morgan fingerprint density at radius 1 is 1.07 bits per heavy atom. The van der Waals surface area contributed by atoms with E-state index in [9.17, 15) is 49.1 Å². The first-order chi connectivity index (χ1) is 13.5. The molecule has 1 rings (SSSR count). The molecule has 0 bridgehead atoms. The summed E-state index contributed by atoms with van der Waals surface area (Å²) in [4.78, 5) is 23.9. The summed E-state index contributed by atoms with van der Waals surface area (Å²) >= 11 is 0. The van der Waals surface area contributed by atoms with Crippen LogP contribution in [-0.4, -0.2) is 42.3 Å². The number of ether oxygens (including phenoxy) is 1. The van der Waals surface area contributed by atoms with E-state index < -0.39 is 54.1 Å². The van der Waals surface area contributed by atoms with Crippen molar-refractivity contribution in [1.82, 2.24) is 0 Å². The number of hydrogen-bond donors (Lipinski definition) is 0. The minimum absolute atomic E-state index is 0.0497. The molecule has 0 aromatic heterocycles. The maximum absolute atomic E-state index is 13.4. The second-order valence-corrected chi connectivity index (χ2v) is 6.64. The molecule has 0 aliphatic heterocycles. The number of carbonyl (C=O) groups is 2. The first kappa shape index (κ1) is 26.0. The van der Waals surface area contributed by atoms with Gasteiger partial charge in [0.15, 0.2) is 5.78 Å². The monoisotopic (exact) mass is 454 g/mol. The van der Waals surface area contributed by atoms with E-state index >= 15 is 0 Å². The molecule has 0 aromatic carbocycles. The summed E-state index contributed by atoms with van der Waals surface area (Å²) in [5.74, 6) is -21.3. The van der Waals surface area contributed by atoms with Crippen LogP contribution in [-0.2, 0) is 14.3 Å². The van der Waals surface area contributed by atoms with Gasteiger partial charge in [0.1, 0.15) is 0 Å². The average Bonchev–Trinajstić information content (AvgIpc) is 2.59. The third-order valence-electron chi connectivity index (χ3n) is 4.62. The predicted molar refractivity (Wildman–Crippen MR) is 86.3 cm³/mol. The lowest BCUT2D eigenvalue weighted by Gasteiger charge is -2.32. The van der Waals surface area contributed by atoms with E-state index in [4.69, 9.17) is 4.74 Å². The van der Waals surface area contributed by atoms with Crippen molar-refractivity contribution in [3.8, 4) is 0 Å². The van der Waals surface area contributed by atoms with Gasteiger partial charge >= 0.3 is 29.9 Å². The lowest BCUT2D eigenvalue weighted by molar-refractivity contribution is -0.388. The summed E-state index contributed by atoms with van der Waals surface area (Å²) in [5, 5.41) is 0. The summed E-state index contributed by atoms with van der Waals surface area (Å²) in [5.41, 5.74) is 0.374. The number of allylic oxidation sites excluding steroid dienone is 3. The molecule has 0 aromatic rings. The van der Waals surface area contributed by atoms with Gasteiger partial charge in [0, 0.05) is 6.42 Å². The molecule has 0 amide bonds. The summed E-state index contributed by atoms with van der Waals surface area (Å²) in [6.45, 7) is 3.08. The third kappa shape index (κ3) is 5.00. The van der Waals surface area contributed by atoms with Crippen molar-refractivity contribution in [2.24, 2.45) is 5.92 Å². The van der Waals surface area contributed by atoms with Gasteiger partial charge in [0.2, 0.25) is 0 Å². The molecule has 3 nitrogen and oxygen atoms in total. The lowest BCUT2D eigenvalue weighted by Crippen LogP contribution is -2.60. The van der Waals surface area contributed by atoms with E-state index in [1.165, 1.54) is 6.92 Å². The summed E-state index contributed by atoms with van der Waals surface area (Å²) in [7, 11) is 0. The molecule has 0 saturated carbocycles. The zero-order valence-electron chi connectivity index (χ0n) is 15.9. The molecular weight excluding hydrogens is 435 g/mol. The molecule has 172 valence electrons. The minimum atomic E-state index is -6.96. The Morgan fingerprint density at radius 3 is 2.13 bits per heavy atom. The van der Waals surface area contributed by atoms with Crippen molar-refractivity contribution in [3.05, 3.63) is 23.3 Å². The van der Waals surface area contributed by atoms with Crippen LogP contribution in [0, 0.1) is 5.92 Å². The molecule has 1 aliphatic rings. The van der Waals surface area contributed by atoms with E-state index in [0.717, 1.165) is 0 Å². The molecule has 0 heterocycles. The molecule has 1 unspecified atom stereocenters. The van der Waals surface area contributed by atoms with E-state index in [0.29, 0.717) is 11.6 Å². The van der Waals surface area contributed by atoms with Crippen molar-refractivity contribution in [2.45, 2.75) is 63.5 Å². The molecule has 0 radical (unpaired) electrons.